The number of aromatic amines is 2. The Morgan fingerprint density at radius 2 is 1.62 bits per heavy atom. The molecule has 5 aromatic heterocycles. The maximum Gasteiger partial charge on any atom is 0.116 e. The Morgan fingerprint density at radius 1 is 0.730 bits per heavy atom. The van der Waals surface area contributed by atoms with Gasteiger partial charge in [0.05, 0.1) is 22.9 Å². The first kappa shape index (κ1) is 21.9. The Balaban J connectivity index is 1.26. The van der Waals surface area contributed by atoms with Gasteiger partial charge >= 0.3 is 0 Å². The molecule has 0 spiro atoms. The molecule has 6 aromatic rings. The third kappa shape index (κ3) is 4.17. The van der Waals surface area contributed by atoms with Gasteiger partial charge in [-0.25, -0.2) is 0 Å². The number of rotatable bonds is 5. The molecule has 1 saturated heterocycles. The van der Waals surface area contributed by atoms with Gasteiger partial charge in [-0.05, 0) is 67.4 Å². The molecule has 0 saturated carbocycles. The van der Waals surface area contributed by atoms with E-state index in [9.17, 15) is 0 Å². The number of hydrogen-bond acceptors (Lipinski definition) is 5. The number of H-pyrrole nitrogens is 2. The molecule has 0 unspecified atom stereocenters. The quantitative estimate of drug-likeness (QED) is 0.303. The highest BCUT2D eigenvalue weighted by atomic mass is 15.1. The van der Waals surface area contributed by atoms with E-state index in [0.29, 0.717) is 0 Å². The summed E-state index contributed by atoms with van der Waals surface area (Å²) in [4.78, 5) is 19.4. The van der Waals surface area contributed by atoms with Crippen molar-refractivity contribution in [3.8, 4) is 33.6 Å². The minimum Gasteiger partial charge on any atom is -0.352 e. The minimum absolute atomic E-state index is 0.891. The molecule has 0 bridgehead atoms. The van der Waals surface area contributed by atoms with Crippen LogP contribution in [0.1, 0.15) is 24.8 Å². The lowest BCUT2D eigenvalue weighted by Crippen LogP contribution is -2.29. The maximum atomic E-state index is 4.68. The second kappa shape index (κ2) is 9.26. The van der Waals surface area contributed by atoms with Crippen molar-refractivity contribution in [3.05, 3.63) is 85.2 Å². The second-order valence-corrected chi connectivity index (χ2v) is 9.82. The van der Waals surface area contributed by atoms with E-state index >= 15 is 0 Å². The summed E-state index contributed by atoms with van der Waals surface area (Å²) in [7, 11) is 0. The van der Waals surface area contributed by atoms with Crippen molar-refractivity contribution in [3.63, 3.8) is 0 Å². The van der Waals surface area contributed by atoms with Gasteiger partial charge in [0, 0.05) is 65.0 Å². The number of aromatic nitrogens is 6. The van der Waals surface area contributed by atoms with E-state index in [1.807, 2.05) is 37.1 Å². The predicted octanol–water partition coefficient (Wildman–Crippen LogP) is 6.22. The third-order valence-electron chi connectivity index (χ3n) is 7.32. The van der Waals surface area contributed by atoms with Crippen LogP contribution in [0.5, 0.6) is 0 Å². The Hall–Kier alpha value is -4.36. The fourth-order valence-electron chi connectivity index (χ4n) is 5.44. The second-order valence-electron chi connectivity index (χ2n) is 9.82. The molecule has 7 heteroatoms. The van der Waals surface area contributed by atoms with Crippen LogP contribution in [-0.2, 0) is 6.54 Å². The zero-order valence-electron chi connectivity index (χ0n) is 20.5. The van der Waals surface area contributed by atoms with Crippen LogP contribution in [0, 0.1) is 0 Å². The van der Waals surface area contributed by atoms with E-state index in [1.165, 1.54) is 37.9 Å². The van der Waals surface area contributed by atoms with Crippen molar-refractivity contribution in [1.29, 1.82) is 0 Å². The Kier molecular flexibility index (Phi) is 5.48. The van der Waals surface area contributed by atoms with Crippen LogP contribution in [0.4, 0.5) is 0 Å². The van der Waals surface area contributed by atoms with Crippen LogP contribution < -0.4 is 0 Å². The highest BCUT2D eigenvalue weighted by Crippen LogP contribution is 2.34. The highest BCUT2D eigenvalue weighted by molar-refractivity contribution is 6.01. The Bertz CT molecular complexity index is 1690. The normalized spacial score (nSPS) is 14.5. The maximum absolute atomic E-state index is 4.68. The molecular formula is C30H27N7. The van der Waals surface area contributed by atoms with Crippen molar-refractivity contribution in [2.45, 2.75) is 25.8 Å². The van der Waals surface area contributed by atoms with Gasteiger partial charge in [0.2, 0.25) is 0 Å². The molecular weight excluding hydrogens is 458 g/mol. The molecule has 6 heterocycles. The summed E-state index contributed by atoms with van der Waals surface area (Å²) in [6.07, 6.45) is 15.3. The van der Waals surface area contributed by atoms with Gasteiger partial charge in [0.15, 0.2) is 0 Å². The number of hydrogen-bond donors (Lipinski definition) is 2. The van der Waals surface area contributed by atoms with E-state index in [2.05, 4.69) is 71.4 Å². The predicted molar refractivity (Wildman–Crippen MR) is 147 cm³/mol. The Morgan fingerprint density at radius 3 is 2.51 bits per heavy atom. The lowest BCUT2D eigenvalue weighted by atomic mass is 10.0. The molecule has 7 rings (SSSR count). The summed E-state index contributed by atoms with van der Waals surface area (Å²) < 4.78 is 0. The molecule has 182 valence electrons. The first-order valence-corrected chi connectivity index (χ1v) is 12.8. The van der Waals surface area contributed by atoms with Crippen molar-refractivity contribution < 1.29 is 0 Å². The Labute approximate surface area is 214 Å². The van der Waals surface area contributed by atoms with Gasteiger partial charge in [-0.3, -0.25) is 25.0 Å². The number of nitrogens with zero attached hydrogens (tertiary/aromatic N) is 5. The third-order valence-corrected chi connectivity index (χ3v) is 7.32. The molecule has 1 aromatic carbocycles. The smallest absolute Gasteiger partial charge is 0.116 e. The van der Waals surface area contributed by atoms with E-state index in [-0.39, 0.29) is 0 Å². The highest BCUT2D eigenvalue weighted by Gasteiger charge is 2.15. The summed E-state index contributed by atoms with van der Waals surface area (Å²) in [6, 6.07) is 14.9. The molecule has 7 nitrogen and oxygen atoms in total. The molecule has 0 radical (unpaired) electrons. The lowest BCUT2D eigenvalue weighted by molar-refractivity contribution is 0.220. The monoisotopic (exact) mass is 485 g/mol. The van der Waals surface area contributed by atoms with Gasteiger partial charge < -0.3 is 4.98 Å². The van der Waals surface area contributed by atoms with E-state index in [0.717, 1.165) is 62.0 Å². The number of nitrogens with one attached hydrogen (secondary N) is 2. The molecule has 1 aliphatic rings. The van der Waals surface area contributed by atoms with Crippen molar-refractivity contribution in [2.24, 2.45) is 0 Å². The zero-order chi connectivity index (χ0) is 24.6. The number of benzene rings is 1. The van der Waals surface area contributed by atoms with Crippen LogP contribution in [0.25, 0.3) is 55.4 Å². The van der Waals surface area contributed by atoms with Crippen molar-refractivity contribution in [2.75, 3.05) is 13.1 Å². The molecule has 0 amide bonds. The fourth-order valence-corrected chi connectivity index (χ4v) is 5.44. The van der Waals surface area contributed by atoms with E-state index in [1.54, 1.807) is 6.20 Å². The zero-order valence-corrected chi connectivity index (χ0v) is 20.5. The summed E-state index contributed by atoms with van der Waals surface area (Å²) in [5, 5.41) is 10.1. The fraction of sp³-hybridized carbons (Fsp3) is 0.200. The first-order valence-electron chi connectivity index (χ1n) is 12.8. The van der Waals surface area contributed by atoms with Gasteiger partial charge in [-0.15, -0.1) is 0 Å². The molecule has 0 aliphatic carbocycles. The number of likely N-dealkylation sites (tertiary alicyclic amines) is 1. The summed E-state index contributed by atoms with van der Waals surface area (Å²) in [6.45, 7) is 3.32. The van der Waals surface area contributed by atoms with E-state index < -0.39 is 0 Å². The standard InChI is InChI=1S/C30H27N7/c1-2-9-37(10-3-1)19-20-11-23(16-32-14-20)21-6-7-27-25(12-21)30(36-35-27)28-13-24-26(17-33-18-29(24)34-28)22-5-4-8-31-15-22/h4-8,11-18,34H,1-3,9-10,19H2,(H,35,36). The number of pyridine rings is 3. The molecule has 2 N–H and O–H groups in total. The van der Waals surface area contributed by atoms with Crippen molar-refractivity contribution in [1.82, 2.24) is 35.0 Å². The van der Waals surface area contributed by atoms with Crippen molar-refractivity contribution >= 4 is 21.8 Å². The largest absolute Gasteiger partial charge is 0.352 e. The van der Waals surface area contributed by atoms with Gasteiger partial charge in [0.25, 0.3) is 0 Å². The van der Waals surface area contributed by atoms with Gasteiger partial charge in [-0.2, -0.15) is 5.10 Å². The van der Waals surface area contributed by atoms with E-state index in [4.69, 9.17) is 0 Å². The topological polar surface area (TPSA) is 86.4 Å². The molecule has 37 heavy (non-hydrogen) atoms. The molecule has 0 atom stereocenters. The van der Waals surface area contributed by atoms with Crippen LogP contribution in [0.15, 0.2) is 79.6 Å². The minimum atomic E-state index is 0.891. The SMILES string of the molecule is c1cncc(-c2cncc3[nH]c(-c4n[nH]c5ccc(-c6cncc(CN7CCCCC7)c6)cc45)cc23)c1. The van der Waals surface area contributed by atoms with Crippen LogP contribution in [0.2, 0.25) is 0 Å². The van der Waals surface area contributed by atoms with Crippen LogP contribution in [0.3, 0.4) is 0 Å². The van der Waals surface area contributed by atoms with Gasteiger partial charge in [-0.1, -0.05) is 18.6 Å². The molecule has 1 aliphatic heterocycles. The van der Waals surface area contributed by atoms with Crippen LogP contribution in [-0.4, -0.2) is 48.1 Å². The summed E-state index contributed by atoms with van der Waals surface area (Å²) in [5.74, 6) is 0. The van der Waals surface area contributed by atoms with Crippen LogP contribution >= 0.6 is 0 Å². The van der Waals surface area contributed by atoms with Gasteiger partial charge in [0.1, 0.15) is 5.69 Å². The lowest BCUT2D eigenvalue weighted by Gasteiger charge is -2.26. The number of piperidine rings is 1. The first-order chi connectivity index (χ1) is 18.3. The average molecular weight is 486 g/mol. The average Bonchev–Trinajstić information content (AvgIpc) is 3.58. The summed E-state index contributed by atoms with van der Waals surface area (Å²) in [5.41, 5.74) is 9.43. The molecule has 1 fully saturated rings. The summed E-state index contributed by atoms with van der Waals surface area (Å²) >= 11 is 0. The number of fused-ring (bicyclic) bond motifs is 2.